The van der Waals surface area contributed by atoms with Gasteiger partial charge in [-0.2, -0.15) is 0 Å². The lowest BCUT2D eigenvalue weighted by Crippen LogP contribution is -2.33. The number of carboxylic acid groups (broad SMARTS) is 1. The van der Waals surface area contributed by atoms with E-state index < -0.39 is 11.4 Å². The van der Waals surface area contributed by atoms with E-state index in [2.05, 4.69) is 5.92 Å². The molecular formula is C10H14O2. The maximum atomic E-state index is 11.0. The summed E-state index contributed by atoms with van der Waals surface area (Å²) in [5.41, 5.74) is -0.616. The average molecular weight is 166 g/mol. The fraction of sp³-hybridized carbons (Fsp3) is 0.700. The van der Waals surface area contributed by atoms with Crippen LogP contribution in [-0.2, 0) is 4.79 Å². The zero-order chi connectivity index (χ0) is 9.19. The highest BCUT2D eigenvalue weighted by molar-refractivity contribution is 5.75. The number of terminal acetylenes is 1. The van der Waals surface area contributed by atoms with Crippen molar-refractivity contribution in [3.63, 3.8) is 0 Å². The second-order valence-electron chi connectivity index (χ2n) is 3.64. The van der Waals surface area contributed by atoms with Crippen molar-refractivity contribution in [1.29, 1.82) is 0 Å². The number of aliphatic carboxylic acids is 1. The summed E-state index contributed by atoms with van der Waals surface area (Å²) in [6.07, 6.45) is 8.29. The van der Waals surface area contributed by atoms with Crippen molar-refractivity contribution in [3.8, 4) is 12.3 Å². The van der Waals surface area contributed by atoms with E-state index in [1.165, 1.54) is 0 Å². The topological polar surface area (TPSA) is 37.3 Å². The fourth-order valence-corrected chi connectivity index (χ4v) is 2.08. The number of hydrogen-bond acceptors (Lipinski definition) is 1. The molecule has 1 rings (SSSR count). The summed E-state index contributed by atoms with van der Waals surface area (Å²) in [6, 6.07) is 0. The van der Waals surface area contributed by atoms with Gasteiger partial charge in [-0.25, -0.2) is 0 Å². The van der Waals surface area contributed by atoms with Crippen molar-refractivity contribution in [2.24, 2.45) is 11.3 Å². The minimum Gasteiger partial charge on any atom is -0.481 e. The molecule has 1 N–H and O–H groups in total. The molecule has 0 aromatic carbocycles. The van der Waals surface area contributed by atoms with Crippen LogP contribution in [0, 0.1) is 23.7 Å². The lowest BCUT2D eigenvalue weighted by molar-refractivity contribution is -0.150. The molecule has 12 heavy (non-hydrogen) atoms. The molecule has 2 nitrogen and oxygen atoms in total. The molecule has 0 spiro atoms. The molecule has 0 bridgehead atoms. The van der Waals surface area contributed by atoms with E-state index >= 15 is 0 Å². The summed E-state index contributed by atoms with van der Waals surface area (Å²) < 4.78 is 0. The van der Waals surface area contributed by atoms with Crippen LogP contribution in [0.15, 0.2) is 0 Å². The van der Waals surface area contributed by atoms with E-state index in [9.17, 15) is 4.79 Å². The first kappa shape index (κ1) is 9.12. The minimum atomic E-state index is -0.717. The van der Waals surface area contributed by atoms with Crippen LogP contribution in [0.4, 0.5) is 0 Å². The number of rotatable bonds is 2. The van der Waals surface area contributed by atoms with Gasteiger partial charge in [0.15, 0.2) is 0 Å². The van der Waals surface area contributed by atoms with E-state index in [1.54, 1.807) is 0 Å². The Morgan fingerprint density at radius 1 is 1.83 bits per heavy atom. The van der Waals surface area contributed by atoms with Gasteiger partial charge >= 0.3 is 5.97 Å². The Morgan fingerprint density at radius 3 is 2.83 bits per heavy atom. The van der Waals surface area contributed by atoms with E-state index in [1.807, 2.05) is 6.92 Å². The van der Waals surface area contributed by atoms with Crippen LogP contribution in [0.25, 0.3) is 0 Å². The molecule has 1 saturated carbocycles. The Morgan fingerprint density at radius 2 is 2.50 bits per heavy atom. The van der Waals surface area contributed by atoms with Gasteiger partial charge in [0.05, 0.1) is 5.41 Å². The first-order valence-electron chi connectivity index (χ1n) is 4.30. The van der Waals surface area contributed by atoms with Gasteiger partial charge in [-0.3, -0.25) is 4.79 Å². The van der Waals surface area contributed by atoms with Crippen LogP contribution < -0.4 is 0 Å². The molecule has 0 amide bonds. The molecule has 1 aliphatic rings. The van der Waals surface area contributed by atoms with Crippen LogP contribution in [0.5, 0.6) is 0 Å². The van der Waals surface area contributed by atoms with Gasteiger partial charge in [0.1, 0.15) is 0 Å². The molecule has 2 unspecified atom stereocenters. The third-order valence-corrected chi connectivity index (χ3v) is 3.05. The lowest BCUT2D eigenvalue weighted by Gasteiger charge is -2.26. The molecule has 66 valence electrons. The summed E-state index contributed by atoms with van der Waals surface area (Å²) in [5, 5.41) is 9.07. The van der Waals surface area contributed by atoms with Crippen LogP contribution >= 0.6 is 0 Å². The van der Waals surface area contributed by atoms with Gasteiger partial charge in [0.2, 0.25) is 0 Å². The number of hydrogen-bond donors (Lipinski definition) is 1. The molecule has 0 aromatic rings. The van der Waals surface area contributed by atoms with Gasteiger partial charge < -0.3 is 5.11 Å². The van der Waals surface area contributed by atoms with Crippen molar-refractivity contribution in [1.82, 2.24) is 0 Å². The third-order valence-electron chi connectivity index (χ3n) is 3.05. The SMILES string of the molecule is C#CCC1(C(=O)O)CCCC1C. The Labute approximate surface area is 73.0 Å². The summed E-state index contributed by atoms with van der Waals surface area (Å²) in [6.45, 7) is 1.98. The molecule has 1 fully saturated rings. The van der Waals surface area contributed by atoms with Crippen molar-refractivity contribution in [2.75, 3.05) is 0 Å². The van der Waals surface area contributed by atoms with Gasteiger partial charge in [0.25, 0.3) is 0 Å². The van der Waals surface area contributed by atoms with E-state index in [0.717, 1.165) is 19.3 Å². The van der Waals surface area contributed by atoms with Crippen molar-refractivity contribution >= 4 is 5.97 Å². The molecule has 2 heteroatoms. The largest absolute Gasteiger partial charge is 0.481 e. The molecule has 0 heterocycles. The van der Waals surface area contributed by atoms with Gasteiger partial charge in [0, 0.05) is 6.42 Å². The van der Waals surface area contributed by atoms with Crippen LogP contribution in [0.3, 0.4) is 0 Å². The average Bonchev–Trinajstić information content (AvgIpc) is 2.34. The Kier molecular flexibility index (Phi) is 2.42. The lowest BCUT2D eigenvalue weighted by atomic mass is 9.76. The zero-order valence-corrected chi connectivity index (χ0v) is 7.34. The fourth-order valence-electron chi connectivity index (χ4n) is 2.08. The molecule has 2 atom stereocenters. The quantitative estimate of drug-likeness (QED) is 0.636. The normalized spacial score (nSPS) is 34.5. The standard InChI is InChI=1S/C10H14O2/c1-3-6-10(9(11)12)7-4-5-8(10)2/h1,8H,4-7H2,2H3,(H,11,12). The Hall–Kier alpha value is -0.970. The molecule has 0 aliphatic heterocycles. The first-order valence-corrected chi connectivity index (χ1v) is 4.30. The molecule has 0 aromatic heterocycles. The summed E-state index contributed by atoms with van der Waals surface area (Å²) in [7, 11) is 0. The predicted molar refractivity (Wildman–Crippen MR) is 46.5 cm³/mol. The predicted octanol–water partition coefficient (Wildman–Crippen LogP) is 1.90. The van der Waals surface area contributed by atoms with Crippen molar-refractivity contribution in [2.45, 2.75) is 32.6 Å². The van der Waals surface area contributed by atoms with E-state index in [4.69, 9.17) is 11.5 Å². The second-order valence-corrected chi connectivity index (χ2v) is 3.64. The van der Waals surface area contributed by atoms with Crippen LogP contribution in [0.2, 0.25) is 0 Å². The maximum Gasteiger partial charge on any atom is 0.310 e. The van der Waals surface area contributed by atoms with E-state index in [0.29, 0.717) is 6.42 Å². The summed E-state index contributed by atoms with van der Waals surface area (Å²) >= 11 is 0. The minimum absolute atomic E-state index is 0.228. The smallest absolute Gasteiger partial charge is 0.310 e. The summed E-state index contributed by atoms with van der Waals surface area (Å²) in [4.78, 5) is 11.0. The monoisotopic (exact) mass is 166 g/mol. The summed E-state index contributed by atoms with van der Waals surface area (Å²) in [5.74, 6) is 1.99. The number of carbonyl (C=O) groups is 1. The van der Waals surface area contributed by atoms with Crippen molar-refractivity contribution in [3.05, 3.63) is 0 Å². The van der Waals surface area contributed by atoms with Gasteiger partial charge in [-0.15, -0.1) is 12.3 Å². The highest BCUT2D eigenvalue weighted by Gasteiger charge is 2.46. The van der Waals surface area contributed by atoms with Crippen molar-refractivity contribution < 1.29 is 9.90 Å². The zero-order valence-electron chi connectivity index (χ0n) is 7.34. The van der Waals surface area contributed by atoms with Gasteiger partial charge in [-0.05, 0) is 18.8 Å². The highest BCUT2D eigenvalue weighted by Crippen LogP contribution is 2.45. The molecule has 0 radical (unpaired) electrons. The Bertz CT molecular complexity index is 226. The first-order chi connectivity index (χ1) is 5.63. The van der Waals surface area contributed by atoms with E-state index in [-0.39, 0.29) is 5.92 Å². The Balaban J connectivity index is 2.87. The van der Waals surface area contributed by atoms with Crippen LogP contribution in [-0.4, -0.2) is 11.1 Å². The number of carboxylic acids is 1. The van der Waals surface area contributed by atoms with Crippen LogP contribution in [0.1, 0.15) is 32.6 Å². The maximum absolute atomic E-state index is 11.0. The molecule has 1 aliphatic carbocycles. The molecular weight excluding hydrogens is 152 g/mol. The third kappa shape index (κ3) is 1.20. The molecule has 0 saturated heterocycles. The highest BCUT2D eigenvalue weighted by atomic mass is 16.4. The second kappa shape index (κ2) is 3.18. The van der Waals surface area contributed by atoms with Gasteiger partial charge in [-0.1, -0.05) is 13.3 Å².